The Kier molecular flexibility index (Phi) is 3.81. The molecule has 0 amide bonds. The van der Waals surface area contributed by atoms with E-state index in [0.29, 0.717) is 0 Å². The Labute approximate surface area is 113 Å². The van der Waals surface area contributed by atoms with Crippen LogP contribution in [0.1, 0.15) is 15.9 Å². The molecule has 2 rings (SSSR count). The van der Waals surface area contributed by atoms with E-state index in [1.54, 1.807) is 0 Å². The lowest BCUT2D eigenvalue weighted by atomic mass is 10.0. The maximum atomic E-state index is 13.3. The van der Waals surface area contributed by atoms with Gasteiger partial charge in [-0.05, 0) is 36.4 Å². The van der Waals surface area contributed by atoms with Crippen LogP contribution in [0.3, 0.4) is 0 Å². The van der Waals surface area contributed by atoms with Crippen LogP contribution in [0, 0.1) is 11.6 Å². The fourth-order valence-electron chi connectivity index (χ4n) is 1.63. The molecule has 2 nitrogen and oxygen atoms in total. The molecular weight excluding hydrogens is 274 g/mol. The van der Waals surface area contributed by atoms with Crippen molar-refractivity contribution in [3.63, 3.8) is 0 Å². The van der Waals surface area contributed by atoms with Gasteiger partial charge in [0.15, 0.2) is 17.3 Å². The zero-order valence-corrected chi connectivity index (χ0v) is 10.7. The van der Waals surface area contributed by atoms with Crippen molar-refractivity contribution in [1.29, 1.82) is 0 Å². The van der Waals surface area contributed by atoms with E-state index in [2.05, 4.69) is 0 Å². The zero-order valence-electron chi connectivity index (χ0n) is 9.91. The quantitative estimate of drug-likeness (QED) is 0.799. The maximum Gasteiger partial charge on any atom is 0.194 e. The Morgan fingerprint density at radius 2 is 1.89 bits per heavy atom. The van der Waals surface area contributed by atoms with Gasteiger partial charge in [-0.15, -0.1) is 0 Å². The molecule has 0 atom stereocenters. The Morgan fingerprint density at radius 1 is 1.16 bits per heavy atom. The van der Waals surface area contributed by atoms with E-state index < -0.39 is 17.4 Å². The summed E-state index contributed by atoms with van der Waals surface area (Å²) < 4.78 is 31.2. The second kappa shape index (κ2) is 5.36. The van der Waals surface area contributed by atoms with Crippen molar-refractivity contribution in [2.75, 3.05) is 7.11 Å². The van der Waals surface area contributed by atoms with Crippen LogP contribution in [0.4, 0.5) is 8.78 Å². The van der Waals surface area contributed by atoms with Gasteiger partial charge in [0.05, 0.1) is 12.1 Å². The fraction of sp³-hybridized carbons (Fsp3) is 0.0714. The SMILES string of the molecule is COc1cc(C(=O)c2cc(F)ccc2Cl)ccc1F. The van der Waals surface area contributed by atoms with Crippen LogP contribution >= 0.6 is 11.6 Å². The summed E-state index contributed by atoms with van der Waals surface area (Å²) in [6.45, 7) is 0. The van der Waals surface area contributed by atoms with Gasteiger partial charge < -0.3 is 4.74 Å². The van der Waals surface area contributed by atoms with Crippen LogP contribution in [-0.2, 0) is 0 Å². The van der Waals surface area contributed by atoms with Crippen LogP contribution in [-0.4, -0.2) is 12.9 Å². The summed E-state index contributed by atoms with van der Waals surface area (Å²) in [5, 5.41) is 0.134. The molecular formula is C14H9ClF2O2. The van der Waals surface area contributed by atoms with E-state index in [1.165, 1.54) is 25.3 Å². The molecule has 0 heterocycles. The van der Waals surface area contributed by atoms with Crippen LogP contribution in [0.15, 0.2) is 36.4 Å². The van der Waals surface area contributed by atoms with E-state index in [-0.39, 0.29) is 21.9 Å². The molecule has 0 aliphatic rings. The van der Waals surface area contributed by atoms with Gasteiger partial charge >= 0.3 is 0 Å². The lowest BCUT2D eigenvalue weighted by molar-refractivity contribution is 0.103. The van der Waals surface area contributed by atoms with Crippen molar-refractivity contribution in [2.24, 2.45) is 0 Å². The molecule has 0 aliphatic carbocycles. The number of hydrogen-bond donors (Lipinski definition) is 0. The van der Waals surface area contributed by atoms with E-state index >= 15 is 0 Å². The Bertz CT molecular complexity index is 641. The Balaban J connectivity index is 2.47. The topological polar surface area (TPSA) is 26.3 Å². The molecule has 0 fully saturated rings. The number of methoxy groups -OCH3 is 1. The molecule has 2 aromatic carbocycles. The van der Waals surface area contributed by atoms with Gasteiger partial charge in [-0.3, -0.25) is 4.79 Å². The fourth-order valence-corrected chi connectivity index (χ4v) is 1.83. The lowest BCUT2D eigenvalue weighted by Crippen LogP contribution is -2.04. The zero-order chi connectivity index (χ0) is 14.0. The first-order valence-corrected chi connectivity index (χ1v) is 5.74. The van der Waals surface area contributed by atoms with E-state index in [1.807, 2.05) is 0 Å². The average molecular weight is 283 g/mol. The van der Waals surface area contributed by atoms with Crippen molar-refractivity contribution in [1.82, 2.24) is 0 Å². The Hall–Kier alpha value is -1.94. The summed E-state index contributed by atoms with van der Waals surface area (Å²) in [6.07, 6.45) is 0. The third-order valence-electron chi connectivity index (χ3n) is 2.59. The van der Waals surface area contributed by atoms with E-state index in [9.17, 15) is 13.6 Å². The van der Waals surface area contributed by atoms with Crippen molar-refractivity contribution < 1.29 is 18.3 Å². The van der Waals surface area contributed by atoms with Gasteiger partial charge in [0.1, 0.15) is 5.82 Å². The maximum absolute atomic E-state index is 13.3. The molecule has 0 saturated carbocycles. The van der Waals surface area contributed by atoms with Gasteiger partial charge in [0.25, 0.3) is 0 Å². The number of halogens is 3. The van der Waals surface area contributed by atoms with Gasteiger partial charge in [0.2, 0.25) is 0 Å². The summed E-state index contributed by atoms with van der Waals surface area (Å²) in [5.41, 5.74) is 0.195. The molecule has 5 heteroatoms. The highest BCUT2D eigenvalue weighted by molar-refractivity contribution is 6.35. The summed E-state index contributed by atoms with van der Waals surface area (Å²) in [7, 11) is 1.29. The summed E-state index contributed by atoms with van der Waals surface area (Å²) in [6, 6.07) is 7.15. The molecule has 0 saturated heterocycles. The summed E-state index contributed by atoms with van der Waals surface area (Å²) in [5.74, 6) is -1.70. The van der Waals surface area contributed by atoms with Gasteiger partial charge in [-0.2, -0.15) is 0 Å². The molecule has 0 aromatic heterocycles. The normalized spacial score (nSPS) is 10.3. The van der Waals surface area contributed by atoms with Gasteiger partial charge in [-0.25, -0.2) is 8.78 Å². The molecule has 0 N–H and O–H groups in total. The van der Waals surface area contributed by atoms with Crippen LogP contribution in [0.25, 0.3) is 0 Å². The van der Waals surface area contributed by atoms with Crippen molar-refractivity contribution >= 4 is 17.4 Å². The first-order chi connectivity index (χ1) is 9.02. The molecule has 0 bridgehead atoms. The molecule has 0 aliphatic heterocycles. The van der Waals surface area contributed by atoms with Crippen molar-refractivity contribution in [2.45, 2.75) is 0 Å². The van der Waals surface area contributed by atoms with Crippen molar-refractivity contribution in [3.8, 4) is 5.75 Å². The first kappa shape index (κ1) is 13.5. The number of hydrogen-bond acceptors (Lipinski definition) is 2. The highest BCUT2D eigenvalue weighted by Gasteiger charge is 2.16. The van der Waals surface area contributed by atoms with Gasteiger partial charge in [0, 0.05) is 11.1 Å². The minimum Gasteiger partial charge on any atom is -0.494 e. The number of ketones is 1. The predicted molar refractivity (Wildman–Crippen MR) is 67.8 cm³/mol. The minimum atomic E-state index is -0.579. The second-order valence-corrected chi connectivity index (χ2v) is 4.21. The van der Waals surface area contributed by atoms with Crippen LogP contribution in [0.5, 0.6) is 5.75 Å². The third-order valence-corrected chi connectivity index (χ3v) is 2.92. The minimum absolute atomic E-state index is 0.0235. The molecule has 2 aromatic rings. The number of benzene rings is 2. The van der Waals surface area contributed by atoms with Crippen molar-refractivity contribution in [3.05, 3.63) is 64.2 Å². The summed E-state index contributed by atoms with van der Waals surface area (Å²) >= 11 is 5.85. The van der Waals surface area contributed by atoms with Gasteiger partial charge in [-0.1, -0.05) is 11.6 Å². The average Bonchev–Trinajstić information content (AvgIpc) is 2.41. The third kappa shape index (κ3) is 2.74. The monoisotopic (exact) mass is 282 g/mol. The largest absolute Gasteiger partial charge is 0.494 e. The highest BCUT2D eigenvalue weighted by atomic mass is 35.5. The first-order valence-electron chi connectivity index (χ1n) is 5.36. The molecule has 0 radical (unpaired) electrons. The standard InChI is InChI=1S/C14H9ClF2O2/c1-19-13-6-8(2-5-12(13)17)14(18)10-7-9(16)3-4-11(10)15/h2-7H,1H3. The Morgan fingerprint density at radius 3 is 2.58 bits per heavy atom. The molecule has 19 heavy (non-hydrogen) atoms. The number of ether oxygens (including phenoxy) is 1. The number of carbonyl (C=O) groups is 1. The van der Waals surface area contributed by atoms with E-state index in [0.717, 1.165) is 18.2 Å². The van der Waals surface area contributed by atoms with Crippen LogP contribution < -0.4 is 4.74 Å². The lowest BCUT2D eigenvalue weighted by Gasteiger charge is -2.06. The number of rotatable bonds is 3. The summed E-state index contributed by atoms with van der Waals surface area (Å²) in [4.78, 5) is 12.2. The van der Waals surface area contributed by atoms with E-state index in [4.69, 9.17) is 16.3 Å². The molecule has 0 unspecified atom stereocenters. The predicted octanol–water partition coefficient (Wildman–Crippen LogP) is 3.86. The highest BCUT2D eigenvalue weighted by Crippen LogP contribution is 2.24. The molecule has 0 spiro atoms. The second-order valence-electron chi connectivity index (χ2n) is 3.80. The van der Waals surface area contributed by atoms with Crippen LogP contribution in [0.2, 0.25) is 5.02 Å². The molecule has 98 valence electrons. The smallest absolute Gasteiger partial charge is 0.194 e. The number of carbonyl (C=O) groups excluding carboxylic acids is 1.